The highest BCUT2D eigenvalue weighted by atomic mass is 16.6. The van der Waals surface area contributed by atoms with Gasteiger partial charge in [0.15, 0.2) is 0 Å². The van der Waals surface area contributed by atoms with Gasteiger partial charge in [0.2, 0.25) is 0 Å². The van der Waals surface area contributed by atoms with Crippen molar-refractivity contribution in [2.75, 3.05) is 0 Å². The zero-order chi connectivity index (χ0) is 12.6. The third-order valence-corrected chi connectivity index (χ3v) is 4.49. The molecule has 0 radical (unpaired) electrons. The van der Waals surface area contributed by atoms with Gasteiger partial charge in [0.25, 0.3) is 0 Å². The summed E-state index contributed by atoms with van der Waals surface area (Å²) >= 11 is 0. The van der Waals surface area contributed by atoms with Crippen LogP contribution in [0.5, 0.6) is 0 Å². The van der Waals surface area contributed by atoms with Crippen molar-refractivity contribution >= 4 is 5.97 Å². The average Bonchev–Trinajstić information content (AvgIpc) is 2.90. The van der Waals surface area contributed by atoms with Crippen LogP contribution in [0.3, 0.4) is 0 Å². The Labute approximate surface area is 104 Å². The van der Waals surface area contributed by atoms with Crippen molar-refractivity contribution in [3.63, 3.8) is 0 Å². The fraction of sp³-hybridized carbons (Fsp3) is 0.929. The molecule has 2 saturated heterocycles. The fourth-order valence-electron chi connectivity index (χ4n) is 2.73. The molecule has 98 valence electrons. The quantitative estimate of drug-likeness (QED) is 0.709. The zero-order valence-electron chi connectivity index (χ0n) is 11.4. The van der Waals surface area contributed by atoms with E-state index in [1.54, 1.807) is 0 Å². The van der Waals surface area contributed by atoms with Gasteiger partial charge in [-0.2, -0.15) is 0 Å². The van der Waals surface area contributed by atoms with Gasteiger partial charge < -0.3 is 9.47 Å². The van der Waals surface area contributed by atoms with Crippen molar-refractivity contribution in [1.29, 1.82) is 0 Å². The van der Waals surface area contributed by atoms with E-state index < -0.39 is 0 Å². The van der Waals surface area contributed by atoms with Crippen molar-refractivity contribution in [1.82, 2.24) is 0 Å². The molecule has 2 aliphatic heterocycles. The van der Waals surface area contributed by atoms with Gasteiger partial charge in [0.05, 0.1) is 17.6 Å². The number of carbonyl (C=O) groups excluding carboxylic acids is 1. The molecule has 0 saturated carbocycles. The molecule has 17 heavy (non-hydrogen) atoms. The van der Waals surface area contributed by atoms with Crippen LogP contribution in [-0.4, -0.2) is 24.3 Å². The summed E-state index contributed by atoms with van der Waals surface area (Å²) in [5, 5.41) is 0. The van der Waals surface area contributed by atoms with Gasteiger partial charge in [0.1, 0.15) is 6.10 Å². The predicted octanol–water partition coefficient (Wildman–Crippen LogP) is 2.92. The minimum Gasteiger partial charge on any atom is -0.462 e. The van der Waals surface area contributed by atoms with Gasteiger partial charge in [-0.3, -0.25) is 4.79 Å². The molecule has 0 aromatic carbocycles. The molecule has 2 rings (SSSR count). The van der Waals surface area contributed by atoms with E-state index in [0.29, 0.717) is 18.1 Å². The third-order valence-electron chi connectivity index (χ3n) is 4.49. The van der Waals surface area contributed by atoms with Crippen molar-refractivity contribution in [2.45, 2.75) is 71.7 Å². The van der Waals surface area contributed by atoms with Crippen molar-refractivity contribution in [3.05, 3.63) is 0 Å². The van der Waals surface area contributed by atoms with E-state index in [2.05, 4.69) is 0 Å². The standard InChI is InChI=1S/C14H24O3/c1-5-14(3,4)13(15)16-9(2)11-8-10-6-7-12(11)17-10/h9-12H,5-8H2,1-4H3. The van der Waals surface area contributed by atoms with Crippen molar-refractivity contribution < 1.29 is 14.3 Å². The van der Waals surface area contributed by atoms with Gasteiger partial charge >= 0.3 is 5.97 Å². The molecule has 4 atom stereocenters. The molecule has 3 heteroatoms. The summed E-state index contributed by atoms with van der Waals surface area (Å²) in [5.74, 6) is 0.334. The van der Waals surface area contributed by atoms with E-state index in [4.69, 9.17) is 9.47 Å². The lowest BCUT2D eigenvalue weighted by atomic mass is 9.85. The first-order valence-electron chi connectivity index (χ1n) is 6.80. The van der Waals surface area contributed by atoms with Gasteiger partial charge in [-0.15, -0.1) is 0 Å². The number of ether oxygens (including phenoxy) is 2. The summed E-state index contributed by atoms with van der Waals surface area (Å²) < 4.78 is 11.4. The number of carbonyl (C=O) groups is 1. The van der Waals surface area contributed by atoms with Crippen molar-refractivity contribution in [3.8, 4) is 0 Å². The van der Waals surface area contributed by atoms with Gasteiger partial charge in [-0.1, -0.05) is 6.92 Å². The Balaban J connectivity index is 1.89. The minimum absolute atomic E-state index is 0.0105. The van der Waals surface area contributed by atoms with E-state index in [0.717, 1.165) is 19.3 Å². The lowest BCUT2D eigenvalue weighted by Gasteiger charge is -2.29. The molecule has 2 fully saturated rings. The number of hydrogen-bond acceptors (Lipinski definition) is 3. The van der Waals surface area contributed by atoms with Crippen LogP contribution in [0.4, 0.5) is 0 Å². The highest BCUT2D eigenvalue weighted by molar-refractivity contribution is 5.76. The minimum atomic E-state index is -0.368. The summed E-state index contributed by atoms with van der Waals surface area (Å²) in [5.41, 5.74) is -0.368. The molecule has 2 heterocycles. The van der Waals surface area contributed by atoms with E-state index in [-0.39, 0.29) is 17.5 Å². The number of esters is 1. The first-order valence-corrected chi connectivity index (χ1v) is 6.80. The van der Waals surface area contributed by atoms with Crippen LogP contribution in [0.25, 0.3) is 0 Å². The Morgan fingerprint density at radius 3 is 2.65 bits per heavy atom. The van der Waals surface area contributed by atoms with E-state index in [1.807, 2.05) is 27.7 Å². The molecule has 4 unspecified atom stereocenters. The molecule has 0 N–H and O–H groups in total. The molecule has 0 aromatic heterocycles. The number of hydrogen-bond donors (Lipinski definition) is 0. The predicted molar refractivity (Wildman–Crippen MR) is 65.6 cm³/mol. The summed E-state index contributed by atoms with van der Waals surface area (Å²) in [6.45, 7) is 7.92. The average molecular weight is 240 g/mol. The van der Waals surface area contributed by atoms with Crippen molar-refractivity contribution in [2.24, 2.45) is 11.3 Å². The molecule has 0 amide bonds. The Morgan fingerprint density at radius 2 is 2.18 bits per heavy atom. The van der Waals surface area contributed by atoms with Gasteiger partial charge in [-0.25, -0.2) is 0 Å². The maximum Gasteiger partial charge on any atom is 0.311 e. The highest BCUT2D eigenvalue weighted by Gasteiger charge is 2.45. The van der Waals surface area contributed by atoms with Crippen LogP contribution >= 0.6 is 0 Å². The normalized spacial score (nSPS) is 33.8. The third kappa shape index (κ3) is 2.49. The summed E-state index contributed by atoms with van der Waals surface area (Å²) in [7, 11) is 0. The zero-order valence-corrected chi connectivity index (χ0v) is 11.4. The maximum absolute atomic E-state index is 12.0. The molecular weight excluding hydrogens is 216 g/mol. The molecule has 0 aromatic rings. The highest BCUT2D eigenvalue weighted by Crippen LogP contribution is 2.41. The van der Waals surface area contributed by atoms with Crippen LogP contribution in [0.15, 0.2) is 0 Å². The van der Waals surface area contributed by atoms with Gasteiger partial charge in [-0.05, 0) is 46.5 Å². The fourth-order valence-corrected chi connectivity index (χ4v) is 2.73. The molecular formula is C14H24O3. The summed E-state index contributed by atoms with van der Waals surface area (Å²) in [4.78, 5) is 12.0. The van der Waals surface area contributed by atoms with Crippen LogP contribution in [0.1, 0.15) is 53.4 Å². The second-order valence-electron chi connectivity index (χ2n) is 6.12. The van der Waals surface area contributed by atoms with E-state index in [1.165, 1.54) is 6.42 Å². The summed E-state index contributed by atoms with van der Waals surface area (Å²) in [6, 6.07) is 0. The molecule has 2 bridgehead atoms. The smallest absolute Gasteiger partial charge is 0.311 e. The lowest BCUT2D eigenvalue weighted by molar-refractivity contribution is -0.162. The Morgan fingerprint density at radius 1 is 1.47 bits per heavy atom. The first kappa shape index (κ1) is 12.9. The van der Waals surface area contributed by atoms with E-state index in [9.17, 15) is 4.79 Å². The van der Waals surface area contributed by atoms with Crippen LogP contribution in [-0.2, 0) is 14.3 Å². The number of rotatable bonds is 4. The Kier molecular flexibility index (Phi) is 3.48. The van der Waals surface area contributed by atoms with Crippen LogP contribution in [0, 0.1) is 11.3 Å². The topological polar surface area (TPSA) is 35.5 Å². The van der Waals surface area contributed by atoms with Gasteiger partial charge in [0, 0.05) is 5.92 Å². The molecule has 0 spiro atoms. The largest absolute Gasteiger partial charge is 0.462 e. The summed E-state index contributed by atoms with van der Waals surface area (Å²) in [6.07, 6.45) is 4.93. The number of fused-ring (bicyclic) bond motifs is 2. The second-order valence-corrected chi connectivity index (χ2v) is 6.12. The molecule has 3 nitrogen and oxygen atoms in total. The molecule has 2 aliphatic rings. The van der Waals surface area contributed by atoms with Crippen LogP contribution in [0.2, 0.25) is 0 Å². The Bertz CT molecular complexity index is 298. The van der Waals surface area contributed by atoms with E-state index >= 15 is 0 Å². The molecule has 0 aliphatic carbocycles. The lowest BCUT2D eigenvalue weighted by Crippen LogP contribution is -2.35. The second kappa shape index (κ2) is 4.60. The maximum atomic E-state index is 12.0. The van der Waals surface area contributed by atoms with Crippen LogP contribution < -0.4 is 0 Å². The Hall–Kier alpha value is -0.570. The SMILES string of the molecule is CCC(C)(C)C(=O)OC(C)C1CC2CCC1O2. The first-order chi connectivity index (χ1) is 7.94. The monoisotopic (exact) mass is 240 g/mol.